The number of fused-ring (bicyclic) bond motifs is 1. The molecule has 4 nitrogen and oxygen atoms in total. The Morgan fingerprint density at radius 3 is 2.35 bits per heavy atom. The number of hydrogen-bond acceptors (Lipinski definition) is 2. The summed E-state index contributed by atoms with van der Waals surface area (Å²) in [6, 6.07) is 10.8. The molecule has 0 N–H and O–H groups in total. The van der Waals surface area contributed by atoms with Crippen LogP contribution in [0.2, 0.25) is 0 Å². The highest BCUT2D eigenvalue weighted by Crippen LogP contribution is 2.17. The average Bonchev–Trinajstić information content (AvgIpc) is 2.53. The zero-order chi connectivity index (χ0) is 16.7. The molecule has 1 aromatic heterocycles. The Balaban J connectivity index is 2.31. The lowest BCUT2D eigenvalue weighted by atomic mass is 10.1. The van der Waals surface area contributed by atoms with E-state index in [0.29, 0.717) is 16.5 Å². The Hall–Kier alpha value is -2.69. The number of rotatable bonds is 2. The van der Waals surface area contributed by atoms with E-state index in [1.165, 1.54) is 21.3 Å². The van der Waals surface area contributed by atoms with E-state index in [4.69, 9.17) is 0 Å². The molecule has 0 fully saturated rings. The van der Waals surface area contributed by atoms with E-state index >= 15 is 0 Å². The molecule has 0 spiro atoms. The van der Waals surface area contributed by atoms with Gasteiger partial charge < -0.3 is 0 Å². The molecular formula is C18H17FN2O2. The third-order valence-electron chi connectivity index (χ3n) is 4.20. The van der Waals surface area contributed by atoms with Crippen LogP contribution in [0.3, 0.4) is 0 Å². The molecule has 0 aliphatic rings. The van der Waals surface area contributed by atoms with E-state index in [0.717, 1.165) is 5.56 Å². The van der Waals surface area contributed by atoms with Crippen molar-refractivity contribution < 1.29 is 4.39 Å². The molecule has 5 heteroatoms. The van der Waals surface area contributed by atoms with Crippen molar-refractivity contribution in [2.45, 2.75) is 19.9 Å². The summed E-state index contributed by atoms with van der Waals surface area (Å²) >= 11 is 0. The second-order valence-electron chi connectivity index (χ2n) is 5.76. The molecule has 1 heterocycles. The zero-order valence-electron chi connectivity index (χ0n) is 13.2. The van der Waals surface area contributed by atoms with E-state index in [9.17, 15) is 14.0 Å². The molecule has 0 amide bonds. The molecule has 0 aliphatic heterocycles. The molecule has 2 aromatic carbocycles. The molecule has 0 saturated carbocycles. The second-order valence-corrected chi connectivity index (χ2v) is 5.76. The predicted molar refractivity (Wildman–Crippen MR) is 88.4 cm³/mol. The Morgan fingerprint density at radius 1 is 1.04 bits per heavy atom. The maximum absolute atomic E-state index is 13.1. The number of benzene rings is 2. The molecule has 1 atom stereocenters. The molecule has 3 aromatic rings. The van der Waals surface area contributed by atoms with E-state index in [-0.39, 0.29) is 17.1 Å². The zero-order valence-corrected chi connectivity index (χ0v) is 13.2. The fraction of sp³-hybridized carbons (Fsp3) is 0.222. The standard InChI is InChI=1S/C18H17FN2O2/c1-11-4-9-16-15(10-11)17(22)21(18(23)20(16)3)12(2)13-5-7-14(19)8-6-13/h4-10,12H,1-3H3. The third kappa shape index (κ3) is 2.48. The second kappa shape index (κ2) is 5.50. The van der Waals surface area contributed by atoms with Crippen molar-refractivity contribution in [3.8, 4) is 0 Å². The van der Waals surface area contributed by atoms with Gasteiger partial charge in [0.25, 0.3) is 5.56 Å². The molecular weight excluding hydrogens is 295 g/mol. The molecule has 0 aliphatic carbocycles. The van der Waals surface area contributed by atoms with Crippen molar-refractivity contribution in [2.75, 3.05) is 0 Å². The van der Waals surface area contributed by atoms with Gasteiger partial charge in [0.2, 0.25) is 0 Å². The van der Waals surface area contributed by atoms with Crippen LogP contribution in [0.25, 0.3) is 10.9 Å². The van der Waals surface area contributed by atoms with Crippen molar-refractivity contribution in [1.29, 1.82) is 0 Å². The van der Waals surface area contributed by atoms with Gasteiger partial charge in [-0.25, -0.2) is 9.18 Å². The minimum atomic E-state index is -0.480. The summed E-state index contributed by atoms with van der Waals surface area (Å²) < 4.78 is 15.8. The highest BCUT2D eigenvalue weighted by Gasteiger charge is 2.17. The summed E-state index contributed by atoms with van der Waals surface area (Å²) in [5.41, 5.74) is 1.55. The molecule has 23 heavy (non-hydrogen) atoms. The van der Waals surface area contributed by atoms with E-state index < -0.39 is 6.04 Å². The fourth-order valence-corrected chi connectivity index (χ4v) is 2.83. The van der Waals surface area contributed by atoms with Crippen LogP contribution in [-0.2, 0) is 7.05 Å². The van der Waals surface area contributed by atoms with Gasteiger partial charge in [-0.05, 0) is 43.7 Å². The number of halogens is 1. The first-order chi connectivity index (χ1) is 10.9. The SMILES string of the molecule is Cc1ccc2c(c1)c(=O)n(C(C)c1ccc(F)cc1)c(=O)n2C. The first-order valence-corrected chi connectivity index (χ1v) is 7.37. The van der Waals surface area contributed by atoms with Gasteiger partial charge in [0.1, 0.15) is 5.82 Å². The maximum atomic E-state index is 13.1. The molecule has 0 bridgehead atoms. The summed E-state index contributed by atoms with van der Waals surface area (Å²) in [6.07, 6.45) is 0. The normalized spacial score (nSPS) is 12.5. The highest BCUT2D eigenvalue weighted by molar-refractivity contribution is 5.78. The predicted octanol–water partition coefficient (Wildman–Crippen LogP) is 2.76. The summed E-state index contributed by atoms with van der Waals surface area (Å²) in [7, 11) is 1.65. The largest absolute Gasteiger partial charge is 0.331 e. The Morgan fingerprint density at radius 2 is 1.70 bits per heavy atom. The summed E-state index contributed by atoms with van der Waals surface area (Å²) in [6.45, 7) is 3.66. The lowest BCUT2D eigenvalue weighted by Gasteiger charge is -2.17. The van der Waals surface area contributed by atoms with Gasteiger partial charge in [-0.3, -0.25) is 13.9 Å². The van der Waals surface area contributed by atoms with E-state index in [1.807, 2.05) is 13.0 Å². The van der Waals surface area contributed by atoms with Crippen molar-refractivity contribution in [1.82, 2.24) is 9.13 Å². The monoisotopic (exact) mass is 312 g/mol. The quantitative estimate of drug-likeness (QED) is 0.730. The van der Waals surface area contributed by atoms with Crippen LogP contribution in [0.1, 0.15) is 24.1 Å². The van der Waals surface area contributed by atoms with Crippen molar-refractivity contribution in [2.24, 2.45) is 7.05 Å². The fourth-order valence-electron chi connectivity index (χ4n) is 2.83. The van der Waals surface area contributed by atoms with Gasteiger partial charge >= 0.3 is 5.69 Å². The lowest BCUT2D eigenvalue weighted by molar-refractivity contribution is 0.558. The molecule has 118 valence electrons. The number of aryl methyl sites for hydroxylation is 2. The number of aromatic nitrogens is 2. The van der Waals surface area contributed by atoms with Gasteiger partial charge in [0.15, 0.2) is 0 Å². The van der Waals surface area contributed by atoms with E-state index in [1.54, 1.807) is 38.2 Å². The van der Waals surface area contributed by atoms with Crippen LogP contribution >= 0.6 is 0 Å². The van der Waals surface area contributed by atoms with Crippen LogP contribution < -0.4 is 11.2 Å². The smallest absolute Gasteiger partial charge is 0.296 e. The van der Waals surface area contributed by atoms with Crippen molar-refractivity contribution >= 4 is 10.9 Å². The van der Waals surface area contributed by atoms with Crippen LogP contribution in [0.15, 0.2) is 52.1 Å². The summed E-state index contributed by atoms with van der Waals surface area (Å²) in [5.74, 6) is -0.352. The van der Waals surface area contributed by atoms with Gasteiger partial charge in [-0.15, -0.1) is 0 Å². The van der Waals surface area contributed by atoms with Gasteiger partial charge in [-0.1, -0.05) is 23.8 Å². The van der Waals surface area contributed by atoms with E-state index in [2.05, 4.69) is 0 Å². The lowest BCUT2D eigenvalue weighted by Crippen LogP contribution is -2.41. The van der Waals surface area contributed by atoms with Crippen LogP contribution in [0.5, 0.6) is 0 Å². The highest BCUT2D eigenvalue weighted by atomic mass is 19.1. The Labute approximate surface area is 132 Å². The summed E-state index contributed by atoms with van der Waals surface area (Å²) in [4.78, 5) is 25.4. The van der Waals surface area contributed by atoms with Gasteiger partial charge in [0.05, 0.1) is 16.9 Å². The van der Waals surface area contributed by atoms with Crippen molar-refractivity contribution in [3.63, 3.8) is 0 Å². The van der Waals surface area contributed by atoms with Crippen molar-refractivity contribution in [3.05, 3.63) is 80.2 Å². The van der Waals surface area contributed by atoms with Crippen LogP contribution in [-0.4, -0.2) is 9.13 Å². The molecule has 0 radical (unpaired) electrons. The number of hydrogen-bond donors (Lipinski definition) is 0. The number of nitrogens with zero attached hydrogens (tertiary/aromatic N) is 2. The summed E-state index contributed by atoms with van der Waals surface area (Å²) in [5, 5.41) is 0.501. The average molecular weight is 312 g/mol. The Bertz CT molecular complexity index is 1000. The topological polar surface area (TPSA) is 44.0 Å². The third-order valence-corrected chi connectivity index (χ3v) is 4.20. The molecule has 3 rings (SSSR count). The van der Waals surface area contributed by atoms with Crippen LogP contribution in [0, 0.1) is 12.7 Å². The molecule has 1 unspecified atom stereocenters. The Kier molecular flexibility index (Phi) is 3.64. The first-order valence-electron chi connectivity index (χ1n) is 7.37. The van der Waals surface area contributed by atoms with Gasteiger partial charge in [-0.2, -0.15) is 0 Å². The minimum absolute atomic E-state index is 0.330. The van der Waals surface area contributed by atoms with Gasteiger partial charge in [0, 0.05) is 7.05 Å². The molecule has 0 saturated heterocycles. The minimum Gasteiger partial charge on any atom is -0.296 e. The van der Waals surface area contributed by atoms with Crippen LogP contribution in [0.4, 0.5) is 4.39 Å². The maximum Gasteiger partial charge on any atom is 0.331 e. The first kappa shape index (κ1) is 15.2.